The SMILES string of the molecule is CCCc1nc(C(=O)N(C)C2CC2)n[nH]1. The van der Waals surface area contributed by atoms with Crippen molar-refractivity contribution in [3.05, 3.63) is 11.6 Å². The predicted molar refractivity (Wildman–Crippen MR) is 55.5 cm³/mol. The summed E-state index contributed by atoms with van der Waals surface area (Å²) in [6.45, 7) is 2.07. The molecule has 0 bridgehead atoms. The van der Waals surface area contributed by atoms with Crippen LogP contribution in [0.2, 0.25) is 0 Å². The number of amides is 1. The van der Waals surface area contributed by atoms with Crippen LogP contribution in [0.15, 0.2) is 0 Å². The molecule has 5 nitrogen and oxygen atoms in total. The zero-order chi connectivity index (χ0) is 10.8. The van der Waals surface area contributed by atoms with Gasteiger partial charge >= 0.3 is 0 Å². The van der Waals surface area contributed by atoms with Crippen molar-refractivity contribution in [3.8, 4) is 0 Å². The second-order valence-electron chi connectivity index (χ2n) is 4.00. The van der Waals surface area contributed by atoms with Crippen LogP contribution in [0.1, 0.15) is 42.6 Å². The van der Waals surface area contributed by atoms with Crippen LogP contribution in [0.25, 0.3) is 0 Å². The minimum atomic E-state index is -0.0731. The minimum absolute atomic E-state index is 0.0731. The lowest BCUT2D eigenvalue weighted by Crippen LogP contribution is -2.29. The molecule has 0 unspecified atom stereocenters. The number of carbonyl (C=O) groups is 1. The van der Waals surface area contributed by atoms with Crippen molar-refractivity contribution in [3.63, 3.8) is 0 Å². The Kier molecular flexibility index (Phi) is 2.70. The number of nitrogens with zero attached hydrogens (tertiary/aromatic N) is 3. The van der Waals surface area contributed by atoms with E-state index in [0.29, 0.717) is 11.9 Å². The Balaban J connectivity index is 2.04. The van der Waals surface area contributed by atoms with Crippen LogP contribution in [0.4, 0.5) is 0 Å². The van der Waals surface area contributed by atoms with E-state index in [9.17, 15) is 4.79 Å². The van der Waals surface area contributed by atoms with Gasteiger partial charge in [-0.2, -0.15) is 0 Å². The van der Waals surface area contributed by atoms with Crippen molar-refractivity contribution in [1.82, 2.24) is 20.1 Å². The molecule has 1 aromatic heterocycles. The van der Waals surface area contributed by atoms with Gasteiger partial charge in [-0.3, -0.25) is 9.89 Å². The molecule has 0 radical (unpaired) electrons. The average Bonchev–Trinajstić information content (AvgIpc) is 2.98. The lowest BCUT2D eigenvalue weighted by molar-refractivity contribution is 0.0773. The van der Waals surface area contributed by atoms with Crippen molar-refractivity contribution in [1.29, 1.82) is 0 Å². The van der Waals surface area contributed by atoms with E-state index >= 15 is 0 Å². The molecule has 0 atom stereocenters. The Morgan fingerprint density at radius 1 is 1.60 bits per heavy atom. The maximum Gasteiger partial charge on any atom is 0.293 e. The van der Waals surface area contributed by atoms with E-state index < -0.39 is 0 Å². The van der Waals surface area contributed by atoms with Gasteiger partial charge in [-0.15, -0.1) is 5.10 Å². The molecular weight excluding hydrogens is 192 g/mol. The Labute approximate surface area is 88.9 Å². The highest BCUT2D eigenvalue weighted by atomic mass is 16.2. The van der Waals surface area contributed by atoms with Gasteiger partial charge in [0.1, 0.15) is 5.82 Å². The first-order valence-electron chi connectivity index (χ1n) is 5.40. The summed E-state index contributed by atoms with van der Waals surface area (Å²) >= 11 is 0. The Morgan fingerprint density at radius 3 is 2.93 bits per heavy atom. The van der Waals surface area contributed by atoms with Crippen LogP contribution in [-0.4, -0.2) is 39.1 Å². The highest BCUT2D eigenvalue weighted by molar-refractivity contribution is 5.90. The molecule has 0 saturated heterocycles. The number of aryl methyl sites for hydroxylation is 1. The van der Waals surface area contributed by atoms with Gasteiger partial charge in [-0.25, -0.2) is 4.98 Å². The number of H-pyrrole nitrogens is 1. The first-order valence-corrected chi connectivity index (χ1v) is 5.40. The van der Waals surface area contributed by atoms with Gasteiger partial charge in [0.05, 0.1) is 0 Å². The molecule has 1 aromatic rings. The smallest absolute Gasteiger partial charge is 0.293 e. The molecule has 1 aliphatic carbocycles. The predicted octanol–water partition coefficient (Wildman–Crippen LogP) is 0.992. The summed E-state index contributed by atoms with van der Waals surface area (Å²) in [4.78, 5) is 17.7. The molecule has 0 spiro atoms. The first kappa shape index (κ1) is 10.1. The van der Waals surface area contributed by atoms with E-state index in [1.54, 1.807) is 4.90 Å². The lowest BCUT2D eigenvalue weighted by Gasteiger charge is -2.12. The second-order valence-corrected chi connectivity index (χ2v) is 4.00. The van der Waals surface area contributed by atoms with Gasteiger partial charge in [0, 0.05) is 19.5 Å². The van der Waals surface area contributed by atoms with E-state index in [4.69, 9.17) is 0 Å². The molecule has 1 heterocycles. The molecule has 1 amide bonds. The molecule has 1 saturated carbocycles. The molecule has 1 N–H and O–H groups in total. The zero-order valence-corrected chi connectivity index (χ0v) is 9.16. The number of hydrogen-bond donors (Lipinski definition) is 1. The summed E-state index contributed by atoms with van der Waals surface area (Å²) in [6.07, 6.45) is 4.05. The highest BCUT2D eigenvalue weighted by Crippen LogP contribution is 2.26. The van der Waals surface area contributed by atoms with E-state index in [2.05, 4.69) is 22.1 Å². The number of rotatable bonds is 4. The molecule has 82 valence electrons. The van der Waals surface area contributed by atoms with Crippen LogP contribution < -0.4 is 0 Å². The minimum Gasteiger partial charge on any atom is -0.336 e. The number of hydrogen-bond acceptors (Lipinski definition) is 3. The third-order valence-electron chi connectivity index (χ3n) is 2.62. The summed E-state index contributed by atoms with van der Waals surface area (Å²) in [7, 11) is 1.82. The summed E-state index contributed by atoms with van der Waals surface area (Å²) in [5.74, 6) is 1.02. The zero-order valence-electron chi connectivity index (χ0n) is 9.16. The Morgan fingerprint density at radius 2 is 2.33 bits per heavy atom. The molecule has 15 heavy (non-hydrogen) atoms. The van der Waals surface area contributed by atoms with Crippen LogP contribution in [0.3, 0.4) is 0 Å². The van der Waals surface area contributed by atoms with Crippen LogP contribution in [0.5, 0.6) is 0 Å². The maximum atomic E-state index is 11.8. The van der Waals surface area contributed by atoms with Gasteiger partial charge in [-0.05, 0) is 19.3 Å². The van der Waals surface area contributed by atoms with Crippen LogP contribution in [0, 0.1) is 0 Å². The summed E-state index contributed by atoms with van der Waals surface area (Å²) in [5, 5.41) is 6.73. The Bertz CT molecular complexity index is 356. The fraction of sp³-hybridized carbons (Fsp3) is 0.700. The molecule has 2 rings (SSSR count). The van der Waals surface area contributed by atoms with E-state index in [-0.39, 0.29) is 5.91 Å². The topological polar surface area (TPSA) is 61.9 Å². The molecule has 1 aliphatic rings. The van der Waals surface area contributed by atoms with Gasteiger partial charge in [0.2, 0.25) is 5.82 Å². The quantitative estimate of drug-likeness (QED) is 0.802. The van der Waals surface area contributed by atoms with Gasteiger partial charge in [-0.1, -0.05) is 6.92 Å². The van der Waals surface area contributed by atoms with Crippen molar-refractivity contribution in [2.45, 2.75) is 38.6 Å². The van der Waals surface area contributed by atoms with E-state index in [0.717, 1.165) is 31.5 Å². The Hall–Kier alpha value is -1.39. The van der Waals surface area contributed by atoms with Crippen molar-refractivity contribution < 1.29 is 4.79 Å². The summed E-state index contributed by atoms with van der Waals surface area (Å²) in [5.41, 5.74) is 0. The molecule has 0 aliphatic heterocycles. The normalized spacial score (nSPS) is 15.3. The summed E-state index contributed by atoms with van der Waals surface area (Å²) < 4.78 is 0. The second kappa shape index (κ2) is 4.00. The van der Waals surface area contributed by atoms with Crippen molar-refractivity contribution in [2.24, 2.45) is 0 Å². The van der Waals surface area contributed by atoms with Crippen LogP contribution in [-0.2, 0) is 6.42 Å². The van der Waals surface area contributed by atoms with Gasteiger partial charge in [0.15, 0.2) is 0 Å². The number of aromatic nitrogens is 3. The third kappa shape index (κ3) is 2.16. The van der Waals surface area contributed by atoms with Gasteiger partial charge < -0.3 is 4.90 Å². The van der Waals surface area contributed by atoms with Crippen LogP contribution >= 0.6 is 0 Å². The standard InChI is InChI=1S/C10H16N4O/c1-3-4-8-11-9(13-12-8)10(15)14(2)7-5-6-7/h7H,3-6H2,1-2H3,(H,11,12,13). The molecular formula is C10H16N4O. The number of aromatic amines is 1. The fourth-order valence-corrected chi connectivity index (χ4v) is 1.52. The monoisotopic (exact) mass is 208 g/mol. The molecule has 1 fully saturated rings. The highest BCUT2D eigenvalue weighted by Gasteiger charge is 2.31. The summed E-state index contributed by atoms with van der Waals surface area (Å²) in [6, 6.07) is 0.408. The lowest BCUT2D eigenvalue weighted by atomic mass is 10.3. The third-order valence-corrected chi connectivity index (χ3v) is 2.62. The fourth-order valence-electron chi connectivity index (χ4n) is 1.52. The number of nitrogens with one attached hydrogen (secondary N) is 1. The maximum absolute atomic E-state index is 11.8. The van der Waals surface area contributed by atoms with E-state index in [1.165, 1.54) is 0 Å². The van der Waals surface area contributed by atoms with E-state index in [1.807, 2.05) is 7.05 Å². The first-order chi connectivity index (χ1) is 7.22. The molecule has 5 heteroatoms. The van der Waals surface area contributed by atoms with Gasteiger partial charge in [0.25, 0.3) is 5.91 Å². The van der Waals surface area contributed by atoms with Crippen molar-refractivity contribution in [2.75, 3.05) is 7.05 Å². The molecule has 0 aromatic carbocycles. The largest absolute Gasteiger partial charge is 0.336 e. The van der Waals surface area contributed by atoms with Crippen molar-refractivity contribution >= 4 is 5.91 Å². The number of carbonyl (C=O) groups excluding carboxylic acids is 1. The average molecular weight is 208 g/mol.